The highest BCUT2D eigenvalue weighted by atomic mass is 16.7. The van der Waals surface area contributed by atoms with Crippen molar-refractivity contribution in [3.63, 3.8) is 0 Å². The molecule has 1 aliphatic heterocycles. The van der Waals surface area contributed by atoms with Gasteiger partial charge in [-0.2, -0.15) is 0 Å². The minimum absolute atomic E-state index is 0.0835. The van der Waals surface area contributed by atoms with Crippen molar-refractivity contribution in [2.45, 2.75) is 13.0 Å². The van der Waals surface area contributed by atoms with Crippen LogP contribution in [0.15, 0.2) is 42.5 Å². The largest absolute Gasteiger partial charge is 0.454 e. The van der Waals surface area contributed by atoms with E-state index in [-0.39, 0.29) is 17.4 Å². The molecule has 0 aliphatic carbocycles. The molecule has 0 spiro atoms. The Morgan fingerprint density at radius 2 is 1.86 bits per heavy atom. The number of fused-ring (bicyclic) bond motifs is 1. The average molecular weight is 301 g/mol. The Kier molecular flexibility index (Phi) is 4.20. The number of quaternary nitrogens is 1. The van der Waals surface area contributed by atoms with E-state index < -0.39 is 0 Å². The fraction of sp³-hybridized carbons (Fsp3) is 0.250. The van der Waals surface area contributed by atoms with Gasteiger partial charge in [0.2, 0.25) is 6.79 Å². The second kappa shape index (κ2) is 6.44. The molecule has 0 saturated heterocycles. The zero-order chi connectivity index (χ0) is 15.4. The van der Waals surface area contributed by atoms with E-state index in [1.165, 1.54) is 11.6 Å². The van der Waals surface area contributed by atoms with Crippen molar-refractivity contribution in [3.05, 3.63) is 63.7 Å². The van der Waals surface area contributed by atoms with Crippen molar-refractivity contribution in [2.75, 3.05) is 13.3 Å². The monoisotopic (exact) mass is 301 g/mol. The summed E-state index contributed by atoms with van der Waals surface area (Å²) in [5.74, 6) is 1.02. The first-order valence-corrected chi connectivity index (χ1v) is 7.16. The fourth-order valence-corrected chi connectivity index (χ4v) is 2.48. The van der Waals surface area contributed by atoms with Crippen LogP contribution in [0.5, 0.6) is 11.5 Å². The highest BCUT2D eigenvalue weighted by molar-refractivity contribution is 5.54. The molecule has 0 saturated carbocycles. The van der Waals surface area contributed by atoms with Crippen molar-refractivity contribution in [1.82, 2.24) is 0 Å². The highest BCUT2D eigenvalue weighted by Gasteiger charge is 2.23. The summed E-state index contributed by atoms with van der Waals surface area (Å²) in [5, 5.41) is 13.2. The SMILES string of the molecule is O=[N+]([O-])c1cc2c(cc1C[NH2+]CCc1ccccc1)OCO2. The standard InChI is InChI=1S/C16H16N2O4/c19-18(20)14-9-16-15(21-11-22-16)8-13(14)10-17-7-6-12-4-2-1-3-5-12/h1-5,8-9,17H,6-7,10-11H2/p+1. The molecular formula is C16H17N2O4+. The third kappa shape index (κ3) is 3.17. The molecule has 114 valence electrons. The molecule has 2 N–H and O–H groups in total. The van der Waals surface area contributed by atoms with Gasteiger partial charge in [0.25, 0.3) is 5.69 Å². The fourth-order valence-electron chi connectivity index (χ4n) is 2.48. The van der Waals surface area contributed by atoms with Gasteiger partial charge < -0.3 is 14.8 Å². The molecule has 6 heteroatoms. The van der Waals surface area contributed by atoms with Crippen molar-refractivity contribution in [2.24, 2.45) is 0 Å². The topological polar surface area (TPSA) is 78.2 Å². The van der Waals surface area contributed by atoms with Crippen LogP contribution in [0.25, 0.3) is 0 Å². The molecule has 2 aromatic rings. The number of nitrogens with zero attached hydrogens (tertiary/aromatic N) is 1. The first-order chi connectivity index (χ1) is 10.7. The van der Waals surface area contributed by atoms with Crippen molar-refractivity contribution < 1.29 is 19.7 Å². The summed E-state index contributed by atoms with van der Waals surface area (Å²) < 4.78 is 10.5. The van der Waals surface area contributed by atoms with Gasteiger partial charge in [-0.05, 0) is 11.6 Å². The second-order valence-corrected chi connectivity index (χ2v) is 5.11. The van der Waals surface area contributed by atoms with Gasteiger partial charge in [0.05, 0.1) is 23.1 Å². The molecule has 0 aromatic heterocycles. The van der Waals surface area contributed by atoms with Crippen molar-refractivity contribution in [1.29, 1.82) is 0 Å². The summed E-state index contributed by atoms with van der Waals surface area (Å²) in [6.07, 6.45) is 0.930. The highest BCUT2D eigenvalue weighted by Crippen LogP contribution is 2.37. The second-order valence-electron chi connectivity index (χ2n) is 5.11. The lowest BCUT2D eigenvalue weighted by molar-refractivity contribution is -0.670. The van der Waals surface area contributed by atoms with E-state index in [2.05, 4.69) is 17.4 Å². The number of benzene rings is 2. The number of nitrogens with two attached hydrogens (primary N) is 1. The molecule has 3 rings (SSSR count). The van der Waals surface area contributed by atoms with Gasteiger partial charge in [0.1, 0.15) is 6.54 Å². The maximum absolute atomic E-state index is 11.2. The maximum Gasteiger partial charge on any atom is 0.282 e. The lowest BCUT2D eigenvalue weighted by Crippen LogP contribution is -2.83. The Balaban J connectivity index is 1.63. The Morgan fingerprint density at radius 3 is 2.59 bits per heavy atom. The van der Waals surface area contributed by atoms with Gasteiger partial charge in [-0.3, -0.25) is 10.1 Å². The van der Waals surface area contributed by atoms with Crippen LogP contribution in [0.1, 0.15) is 11.1 Å². The molecule has 0 atom stereocenters. The zero-order valence-corrected chi connectivity index (χ0v) is 12.0. The third-order valence-corrected chi connectivity index (χ3v) is 3.61. The lowest BCUT2D eigenvalue weighted by Gasteiger charge is -2.05. The maximum atomic E-state index is 11.2. The summed E-state index contributed by atoms with van der Waals surface area (Å²) in [6.45, 7) is 1.53. The molecule has 2 aromatic carbocycles. The summed E-state index contributed by atoms with van der Waals surface area (Å²) in [7, 11) is 0. The van der Waals surface area contributed by atoms with Crippen LogP contribution >= 0.6 is 0 Å². The molecule has 6 nitrogen and oxygen atoms in total. The molecule has 0 unspecified atom stereocenters. The van der Waals surface area contributed by atoms with Gasteiger partial charge in [-0.1, -0.05) is 30.3 Å². The van der Waals surface area contributed by atoms with Crippen LogP contribution in [0.3, 0.4) is 0 Å². The molecule has 1 aliphatic rings. The van der Waals surface area contributed by atoms with E-state index in [0.29, 0.717) is 23.6 Å². The molecule has 22 heavy (non-hydrogen) atoms. The van der Waals surface area contributed by atoms with Gasteiger partial charge in [-0.25, -0.2) is 0 Å². The van der Waals surface area contributed by atoms with Crippen LogP contribution in [-0.2, 0) is 13.0 Å². The quantitative estimate of drug-likeness (QED) is 0.500. The van der Waals surface area contributed by atoms with E-state index in [9.17, 15) is 10.1 Å². The lowest BCUT2D eigenvalue weighted by atomic mass is 10.1. The summed E-state index contributed by atoms with van der Waals surface area (Å²) in [5.41, 5.74) is 2.00. The van der Waals surface area contributed by atoms with Gasteiger partial charge in [0, 0.05) is 6.42 Å². The van der Waals surface area contributed by atoms with Gasteiger partial charge in [-0.15, -0.1) is 0 Å². The summed E-state index contributed by atoms with van der Waals surface area (Å²) in [6, 6.07) is 13.3. The average Bonchev–Trinajstić information content (AvgIpc) is 2.99. The minimum Gasteiger partial charge on any atom is -0.454 e. The van der Waals surface area contributed by atoms with Crippen molar-refractivity contribution in [3.8, 4) is 11.5 Å². The number of ether oxygens (including phenoxy) is 2. The molecule has 1 heterocycles. The first kappa shape index (κ1) is 14.3. The Labute approximate surface area is 127 Å². The Bertz CT molecular complexity index is 673. The molecule has 0 amide bonds. The molecular weight excluding hydrogens is 284 g/mol. The van der Waals surface area contributed by atoms with E-state index in [0.717, 1.165) is 13.0 Å². The number of hydrogen-bond acceptors (Lipinski definition) is 4. The predicted molar refractivity (Wildman–Crippen MR) is 79.9 cm³/mol. The smallest absolute Gasteiger partial charge is 0.282 e. The molecule has 0 bridgehead atoms. The molecule has 0 fully saturated rings. The third-order valence-electron chi connectivity index (χ3n) is 3.61. The van der Waals surface area contributed by atoms with Gasteiger partial charge in [0.15, 0.2) is 11.5 Å². The van der Waals surface area contributed by atoms with Gasteiger partial charge >= 0.3 is 0 Å². The van der Waals surface area contributed by atoms with Crippen LogP contribution in [-0.4, -0.2) is 18.3 Å². The number of hydrogen-bond donors (Lipinski definition) is 1. The van der Waals surface area contributed by atoms with Crippen LogP contribution < -0.4 is 14.8 Å². The van der Waals surface area contributed by atoms with E-state index in [4.69, 9.17) is 9.47 Å². The minimum atomic E-state index is -0.373. The van der Waals surface area contributed by atoms with Crippen molar-refractivity contribution >= 4 is 5.69 Å². The van der Waals surface area contributed by atoms with Crippen LogP contribution in [0, 0.1) is 10.1 Å². The number of rotatable bonds is 6. The van der Waals surface area contributed by atoms with E-state index >= 15 is 0 Å². The summed E-state index contributed by atoms with van der Waals surface area (Å²) in [4.78, 5) is 10.8. The molecule has 0 radical (unpaired) electrons. The Hall–Kier alpha value is -2.60. The van der Waals surface area contributed by atoms with Crippen LogP contribution in [0.4, 0.5) is 5.69 Å². The normalized spacial score (nSPS) is 12.4. The Morgan fingerprint density at radius 1 is 1.14 bits per heavy atom. The number of nitro benzene ring substituents is 1. The van der Waals surface area contributed by atoms with Crippen LogP contribution in [0.2, 0.25) is 0 Å². The zero-order valence-electron chi connectivity index (χ0n) is 12.0. The van der Waals surface area contributed by atoms with E-state index in [1.807, 2.05) is 18.2 Å². The predicted octanol–water partition coefficient (Wildman–Crippen LogP) is 1.63. The first-order valence-electron chi connectivity index (χ1n) is 7.16. The van der Waals surface area contributed by atoms with E-state index in [1.54, 1.807) is 6.07 Å². The number of nitro groups is 1. The summed E-state index contributed by atoms with van der Waals surface area (Å²) >= 11 is 0.